The number of rotatable bonds is 5. The molecule has 1 saturated heterocycles. The quantitative estimate of drug-likeness (QED) is 0.650. The van der Waals surface area contributed by atoms with Gasteiger partial charge in [0.1, 0.15) is 17.5 Å². The Bertz CT molecular complexity index is 1010. The average Bonchev–Trinajstić information content (AvgIpc) is 3.05. The van der Waals surface area contributed by atoms with Crippen LogP contribution in [0.15, 0.2) is 24.4 Å². The number of hydrogen-bond acceptors (Lipinski definition) is 6. The third-order valence-corrected chi connectivity index (χ3v) is 6.05. The Morgan fingerprint density at radius 1 is 1.13 bits per heavy atom. The van der Waals surface area contributed by atoms with E-state index >= 15 is 0 Å². The number of anilines is 2. The summed E-state index contributed by atoms with van der Waals surface area (Å²) in [4.78, 5) is 16.3. The van der Waals surface area contributed by atoms with Crippen molar-refractivity contribution in [3.05, 3.63) is 58.4 Å². The van der Waals surface area contributed by atoms with Crippen molar-refractivity contribution < 1.29 is 0 Å². The number of aromatic amines is 1. The lowest BCUT2D eigenvalue weighted by Crippen LogP contribution is -2.37. The van der Waals surface area contributed by atoms with Gasteiger partial charge in [-0.25, -0.2) is 15.0 Å². The molecule has 1 fully saturated rings. The van der Waals surface area contributed by atoms with Gasteiger partial charge in [-0.1, -0.05) is 0 Å². The Kier molecular flexibility index (Phi) is 5.81. The maximum atomic E-state index is 4.79. The van der Waals surface area contributed by atoms with E-state index in [0.29, 0.717) is 12.0 Å². The van der Waals surface area contributed by atoms with E-state index < -0.39 is 0 Å². The summed E-state index contributed by atoms with van der Waals surface area (Å²) < 4.78 is 0. The Balaban J connectivity index is 1.54. The van der Waals surface area contributed by atoms with Crippen LogP contribution in [-0.4, -0.2) is 43.1 Å². The van der Waals surface area contributed by atoms with Gasteiger partial charge in [-0.15, -0.1) is 0 Å². The van der Waals surface area contributed by atoms with Crippen LogP contribution in [-0.2, 0) is 0 Å². The molecule has 30 heavy (non-hydrogen) atoms. The standard InChI is InChI=1S/C23H31N7/c1-14-8-9-24-21(11-14)27-22-12-20(25-18(5)26-22)19-7-6-10-30(13-19)17(4)23-15(2)28-29-16(23)3/h8-9,11-12,17,19H,6-7,10,13H2,1-5H3,(H,28,29)(H,24,25,26,27). The summed E-state index contributed by atoms with van der Waals surface area (Å²) in [6, 6.07) is 6.44. The van der Waals surface area contributed by atoms with E-state index in [9.17, 15) is 0 Å². The molecule has 2 unspecified atom stereocenters. The first-order chi connectivity index (χ1) is 14.4. The highest BCUT2D eigenvalue weighted by atomic mass is 15.2. The SMILES string of the molecule is Cc1ccnc(Nc2cc(C3CCCN(C(C)c4c(C)n[nH]c4C)C3)nc(C)n2)c1. The third-order valence-electron chi connectivity index (χ3n) is 6.05. The molecule has 0 amide bonds. The van der Waals surface area contributed by atoms with E-state index in [0.717, 1.165) is 60.5 Å². The minimum absolute atomic E-state index is 0.337. The molecule has 0 spiro atoms. The third kappa shape index (κ3) is 4.36. The number of hydrogen-bond donors (Lipinski definition) is 2. The summed E-state index contributed by atoms with van der Waals surface area (Å²) in [6.07, 6.45) is 4.12. The van der Waals surface area contributed by atoms with Crippen molar-refractivity contribution in [3.63, 3.8) is 0 Å². The van der Waals surface area contributed by atoms with Crippen molar-refractivity contribution in [1.29, 1.82) is 0 Å². The molecule has 4 heterocycles. The number of H-pyrrole nitrogens is 1. The lowest BCUT2D eigenvalue weighted by molar-refractivity contribution is 0.156. The number of likely N-dealkylation sites (tertiary alicyclic amines) is 1. The highest BCUT2D eigenvalue weighted by Gasteiger charge is 2.28. The van der Waals surface area contributed by atoms with Gasteiger partial charge in [0.25, 0.3) is 0 Å². The Labute approximate surface area is 178 Å². The summed E-state index contributed by atoms with van der Waals surface area (Å²) in [5.41, 5.74) is 5.85. The zero-order chi connectivity index (χ0) is 21.3. The molecular formula is C23H31N7. The molecule has 158 valence electrons. The first-order valence-corrected chi connectivity index (χ1v) is 10.7. The van der Waals surface area contributed by atoms with Crippen LogP contribution in [0.5, 0.6) is 0 Å². The molecule has 0 saturated carbocycles. The van der Waals surface area contributed by atoms with Crippen LogP contribution in [0.1, 0.15) is 65.8 Å². The van der Waals surface area contributed by atoms with Crippen LogP contribution < -0.4 is 5.32 Å². The predicted molar refractivity (Wildman–Crippen MR) is 119 cm³/mol. The number of piperidine rings is 1. The van der Waals surface area contributed by atoms with Gasteiger partial charge in [0.15, 0.2) is 0 Å². The van der Waals surface area contributed by atoms with E-state index in [-0.39, 0.29) is 0 Å². The van der Waals surface area contributed by atoms with Gasteiger partial charge in [0.2, 0.25) is 0 Å². The number of nitrogens with one attached hydrogen (secondary N) is 2. The molecule has 7 heteroatoms. The van der Waals surface area contributed by atoms with Crippen LogP contribution >= 0.6 is 0 Å². The lowest BCUT2D eigenvalue weighted by atomic mass is 9.92. The molecular weight excluding hydrogens is 374 g/mol. The van der Waals surface area contributed by atoms with E-state index in [1.54, 1.807) is 0 Å². The largest absolute Gasteiger partial charge is 0.325 e. The highest BCUT2D eigenvalue weighted by molar-refractivity contribution is 5.52. The topological polar surface area (TPSA) is 82.6 Å². The molecule has 3 aromatic rings. The van der Waals surface area contributed by atoms with Gasteiger partial charge >= 0.3 is 0 Å². The van der Waals surface area contributed by atoms with Gasteiger partial charge in [-0.3, -0.25) is 10.00 Å². The molecule has 7 nitrogen and oxygen atoms in total. The van der Waals surface area contributed by atoms with Crippen molar-refractivity contribution in [3.8, 4) is 0 Å². The first kappa shape index (κ1) is 20.5. The first-order valence-electron chi connectivity index (χ1n) is 10.7. The van der Waals surface area contributed by atoms with Crippen LogP contribution in [0.4, 0.5) is 11.6 Å². The van der Waals surface area contributed by atoms with Gasteiger partial charge in [0.05, 0.1) is 11.4 Å². The zero-order valence-corrected chi connectivity index (χ0v) is 18.5. The van der Waals surface area contributed by atoms with Crippen LogP contribution in [0.3, 0.4) is 0 Å². The number of aromatic nitrogens is 5. The highest BCUT2D eigenvalue weighted by Crippen LogP contribution is 2.33. The number of pyridine rings is 1. The monoisotopic (exact) mass is 405 g/mol. The summed E-state index contributed by atoms with van der Waals surface area (Å²) in [6.45, 7) is 12.6. The summed E-state index contributed by atoms with van der Waals surface area (Å²) >= 11 is 0. The molecule has 0 aromatic carbocycles. The van der Waals surface area contributed by atoms with E-state index in [2.05, 4.69) is 64.1 Å². The van der Waals surface area contributed by atoms with E-state index in [1.165, 1.54) is 11.1 Å². The van der Waals surface area contributed by atoms with Crippen LogP contribution in [0.2, 0.25) is 0 Å². The molecule has 3 aromatic heterocycles. The molecule has 4 rings (SSSR count). The zero-order valence-electron chi connectivity index (χ0n) is 18.5. The van der Waals surface area contributed by atoms with Crippen molar-refractivity contribution in [2.24, 2.45) is 0 Å². The van der Waals surface area contributed by atoms with E-state index in [4.69, 9.17) is 4.98 Å². The summed E-state index contributed by atoms with van der Waals surface area (Å²) in [5.74, 6) is 2.79. The second kappa shape index (κ2) is 8.52. The molecule has 1 aliphatic heterocycles. The Hall–Kier alpha value is -2.80. The minimum atomic E-state index is 0.337. The molecule has 1 aliphatic rings. The number of aryl methyl sites for hydroxylation is 4. The Morgan fingerprint density at radius 2 is 1.97 bits per heavy atom. The van der Waals surface area contributed by atoms with Crippen molar-refractivity contribution in [1.82, 2.24) is 30.0 Å². The van der Waals surface area contributed by atoms with Gasteiger partial charge < -0.3 is 5.32 Å². The lowest BCUT2D eigenvalue weighted by Gasteiger charge is -2.37. The molecule has 0 radical (unpaired) electrons. The van der Waals surface area contributed by atoms with Crippen molar-refractivity contribution >= 4 is 11.6 Å². The smallest absolute Gasteiger partial charge is 0.135 e. The fourth-order valence-corrected chi connectivity index (χ4v) is 4.56. The van der Waals surface area contributed by atoms with E-state index in [1.807, 2.05) is 25.3 Å². The molecule has 0 aliphatic carbocycles. The van der Waals surface area contributed by atoms with Crippen LogP contribution in [0.25, 0.3) is 0 Å². The Morgan fingerprint density at radius 3 is 2.70 bits per heavy atom. The molecule has 2 atom stereocenters. The normalized spacial score (nSPS) is 18.4. The second-order valence-corrected chi connectivity index (χ2v) is 8.43. The number of nitrogens with zero attached hydrogens (tertiary/aromatic N) is 5. The van der Waals surface area contributed by atoms with Crippen molar-refractivity contribution in [2.75, 3.05) is 18.4 Å². The van der Waals surface area contributed by atoms with Gasteiger partial charge in [-0.2, -0.15) is 5.10 Å². The fraction of sp³-hybridized carbons (Fsp3) is 0.478. The molecule has 0 bridgehead atoms. The maximum Gasteiger partial charge on any atom is 0.135 e. The van der Waals surface area contributed by atoms with Crippen LogP contribution in [0, 0.1) is 27.7 Å². The second-order valence-electron chi connectivity index (χ2n) is 8.43. The fourth-order valence-electron chi connectivity index (χ4n) is 4.56. The molecule has 2 N–H and O–H groups in total. The maximum absolute atomic E-state index is 4.79. The average molecular weight is 406 g/mol. The van der Waals surface area contributed by atoms with Gasteiger partial charge in [-0.05, 0) is 71.7 Å². The van der Waals surface area contributed by atoms with Crippen molar-refractivity contribution in [2.45, 2.75) is 59.4 Å². The summed E-state index contributed by atoms with van der Waals surface area (Å²) in [5, 5.41) is 10.9. The van der Waals surface area contributed by atoms with Gasteiger partial charge in [0, 0.05) is 42.0 Å². The summed E-state index contributed by atoms with van der Waals surface area (Å²) in [7, 11) is 0. The minimum Gasteiger partial charge on any atom is -0.325 e. The predicted octanol–water partition coefficient (Wildman–Crippen LogP) is 4.51.